The van der Waals surface area contributed by atoms with Crippen LogP contribution in [0.1, 0.15) is 0 Å². The zero-order valence-corrected chi connectivity index (χ0v) is 8.44. The SMILES string of the molecule is COc1[c]c(Oc2ccccc2)ccc1. The van der Waals surface area contributed by atoms with Gasteiger partial charge in [0.15, 0.2) is 0 Å². The van der Waals surface area contributed by atoms with Crippen LogP contribution in [0, 0.1) is 6.07 Å². The number of benzene rings is 2. The third-order valence-corrected chi connectivity index (χ3v) is 1.93. The fourth-order valence-electron chi connectivity index (χ4n) is 1.22. The standard InChI is InChI=1S/C13H11O2/c1-14-12-8-5-9-13(10-12)15-11-6-3-2-4-7-11/h2-9H,1H3. The highest BCUT2D eigenvalue weighted by Crippen LogP contribution is 2.23. The molecule has 0 amide bonds. The van der Waals surface area contributed by atoms with Gasteiger partial charge in [-0.1, -0.05) is 24.3 Å². The van der Waals surface area contributed by atoms with Crippen molar-refractivity contribution in [2.75, 3.05) is 7.11 Å². The number of rotatable bonds is 3. The molecule has 2 aromatic carbocycles. The molecular weight excluding hydrogens is 188 g/mol. The molecule has 75 valence electrons. The van der Waals surface area contributed by atoms with Gasteiger partial charge in [0, 0.05) is 0 Å². The van der Waals surface area contributed by atoms with Gasteiger partial charge in [-0.15, -0.1) is 0 Å². The number of hydrogen-bond acceptors (Lipinski definition) is 2. The summed E-state index contributed by atoms with van der Waals surface area (Å²) < 4.78 is 10.6. The first-order chi connectivity index (χ1) is 7.38. The molecule has 0 aliphatic heterocycles. The molecule has 0 bridgehead atoms. The number of methoxy groups -OCH3 is 1. The van der Waals surface area contributed by atoms with Gasteiger partial charge in [0.25, 0.3) is 0 Å². The van der Waals surface area contributed by atoms with E-state index in [4.69, 9.17) is 9.47 Å². The highest BCUT2D eigenvalue weighted by Gasteiger charge is 1.98. The molecule has 0 aliphatic rings. The molecule has 0 spiro atoms. The van der Waals surface area contributed by atoms with Crippen molar-refractivity contribution in [1.82, 2.24) is 0 Å². The largest absolute Gasteiger partial charge is 0.496 e. The Hall–Kier alpha value is -1.96. The monoisotopic (exact) mass is 199 g/mol. The fourth-order valence-corrected chi connectivity index (χ4v) is 1.22. The predicted molar refractivity (Wildman–Crippen MR) is 58.3 cm³/mol. The van der Waals surface area contributed by atoms with Crippen molar-refractivity contribution < 1.29 is 9.47 Å². The van der Waals surface area contributed by atoms with Gasteiger partial charge in [0.2, 0.25) is 0 Å². The smallest absolute Gasteiger partial charge is 0.139 e. The summed E-state index contributed by atoms with van der Waals surface area (Å²) in [6.45, 7) is 0. The van der Waals surface area contributed by atoms with Crippen LogP contribution in [0.25, 0.3) is 0 Å². The summed E-state index contributed by atoms with van der Waals surface area (Å²) in [6, 6.07) is 18.1. The van der Waals surface area contributed by atoms with E-state index in [0.717, 1.165) is 5.75 Å². The van der Waals surface area contributed by atoms with Crippen LogP contribution in [0.2, 0.25) is 0 Å². The molecule has 0 saturated carbocycles. The van der Waals surface area contributed by atoms with Crippen molar-refractivity contribution in [3.8, 4) is 17.2 Å². The molecule has 0 N–H and O–H groups in total. The van der Waals surface area contributed by atoms with Gasteiger partial charge < -0.3 is 9.47 Å². The van der Waals surface area contributed by atoms with Crippen molar-refractivity contribution in [2.45, 2.75) is 0 Å². The highest BCUT2D eigenvalue weighted by atomic mass is 16.5. The van der Waals surface area contributed by atoms with E-state index in [2.05, 4.69) is 6.07 Å². The first-order valence-corrected chi connectivity index (χ1v) is 4.68. The van der Waals surface area contributed by atoms with Gasteiger partial charge >= 0.3 is 0 Å². The highest BCUT2D eigenvalue weighted by molar-refractivity contribution is 5.35. The molecule has 2 heteroatoms. The minimum Gasteiger partial charge on any atom is -0.496 e. The molecule has 0 aliphatic carbocycles. The molecule has 15 heavy (non-hydrogen) atoms. The Balaban J connectivity index is 2.17. The Kier molecular flexibility index (Phi) is 2.88. The van der Waals surface area contributed by atoms with Crippen molar-refractivity contribution >= 4 is 0 Å². The number of ether oxygens (including phenoxy) is 2. The predicted octanol–water partition coefficient (Wildman–Crippen LogP) is 3.29. The Morgan fingerprint density at radius 1 is 0.867 bits per heavy atom. The van der Waals surface area contributed by atoms with Crippen LogP contribution in [0.5, 0.6) is 17.2 Å². The third-order valence-electron chi connectivity index (χ3n) is 1.93. The molecule has 0 atom stereocenters. The molecule has 1 radical (unpaired) electrons. The second kappa shape index (κ2) is 4.51. The lowest BCUT2D eigenvalue weighted by Crippen LogP contribution is -1.86. The van der Waals surface area contributed by atoms with Gasteiger partial charge in [-0.2, -0.15) is 0 Å². The first kappa shape index (κ1) is 9.59. The van der Waals surface area contributed by atoms with E-state index in [1.165, 1.54) is 0 Å². The Morgan fingerprint density at radius 2 is 1.60 bits per heavy atom. The minimum atomic E-state index is 0.653. The van der Waals surface area contributed by atoms with Gasteiger partial charge in [-0.25, -0.2) is 0 Å². The van der Waals surface area contributed by atoms with E-state index < -0.39 is 0 Å². The molecule has 0 fully saturated rings. The molecule has 0 heterocycles. The van der Waals surface area contributed by atoms with E-state index in [1.54, 1.807) is 7.11 Å². The molecule has 2 aromatic rings. The normalized spacial score (nSPS) is 9.67. The van der Waals surface area contributed by atoms with Crippen molar-refractivity contribution in [3.63, 3.8) is 0 Å². The summed E-state index contributed by atoms with van der Waals surface area (Å²) in [5, 5.41) is 0. The maximum absolute atomic E-state index is 5.59. The molecule has 0 aromatic heterocycles. The summed E-state index contributed by atoms with van der Waals surface area (Å²) in [4.78, 5) is 0. The van der Waals surface area contributed by atoms with Gasteiger partial charge in [0.05, 0.1) is 13.2 Å². The van der Waals surface area contributed by atoms with Crippen LogP contribution in [0.3, 0.4) is 0 Å². The Labute approximate surface area is 89.1 Å². The Morgan fingerprint density at radius 3 is 2.33 bits per heavy atom. The van der Waals surface area contributed by atoms with E-state index >= 15 is 0 Å². The third kappa shape index (κ3) is 2.50. The molecular formula is C13H11O2. The first-order valence-electron chi connectivity index (χ1n) is 4.68. The molecule has 0 unspecified atom stereocenters. The summed E-state index contributed by atoms with van der Waals surface area (Å²) in [5.74, 6) is 2.12. The maximum Gasteiger partial charge on any atom is 0.139 e. The zero-order valence-electron chi connectivity index (χ0n) is 8.44. The summed E-state index contributed by atoms with van der Waals surface area (Å²) in [5.41, 5.74) is 0. The lowest BCUT2D eigenvalue weighted by molar-refractivity contribution is 0.407. The molecule has 2 rings (SSSR count). The average Bonchev–Trinajstić information content (AvgIpc) is 2.31. The maximum atomic E-state index is 5.59. The van der Waals surface area contributed by atoms with E-state index in [9.17, 15) is 0 Å². The lowest BCUT2D eigenvalue weighted by Gasteiger charge is -2.05. The number of hydrogen-bond donors (Lipinski definition) is 0. The summed E-state index contributed by atoms with van der Waals surface area (Å²) >= 11 is 0. The van der Waals surface area contributed by atoms with Gasteiger partial charge in [-0.05, 0) is 24.3 Å². The summed E-state index contributed by atoms with van der Waals surface area (Å²) in [7, 11) is 1.61. The summed E-state index contributed by atoms with van der Waals surface area (Å²) in [6.07, 6.45) is 0. The van der Waals surface area contributed by atoms with E-state index in [-0.39, 0.29) is 0 Å². The van der Waals surface area contributed by atoms with Gasteiger partial charge in [-0.3, -0.25) is 0 Å². The molecule has 0 saturated heterocycles. The van der Waals surface area contributed by atoms with Crippen molar-refractivity contribution in [1.29, 1.82) is 0 Å². The second-order valence-corrected chi connectivity index (χ2v) is 3.00. The van der Waals surface area contributed by atoms with E-state index in [1.807, 2.05) is 48.5 Å². The van der Waals surface area contributed by atoms with Crippen LogP contribution < -0.4 is 9.47 Å². The minimum absolute atomic E-state index is 0.653. The van der Waals surface area contributed by atoms with Crippen molar-refractivity contribution in [2.24, 2.45) is 0 Å². The van der Waals surface area contributed by atoms with Crippen molar-refractivity contribution in [3.05, 3.63) is 54.6 Å². The van der Waals surface area contributed by atoms with Crippen LogP contribution in [-0.2, 0) is 0 Å². The zero-order chi connectivity index (χ0) is 10.5. The van der Waals surface area contributed by atoms with Gasteiger partial charge in [0.1, 0.15) is 17.2 Å². The fraction of sp³-hybridized carbons (Fsp3) is 0.0769. The topological polar surface area (TPSA) is 18.5 Å². The number of para-hydroxylation sites is 1. The lowest BCUT2D eigenvalue weighted by atomic mass is 10.3. The van der Waals surface area contributed by atoms with Crippen LogP contribution in [0.15, 0.2) is 48.5 Å². The van der Waals surface area contributed by atoms with Crippen LogP contribution in [-0.4, -0.2) is 7.11 Å². The van der Waals surface area contributed by atoms with Crippen LogP contribution in [0.4, 0.5) is 0 Å². The Bertz CT molecular complexity index is 424. The second-order valence-electron chi connectivity index (χ2n) is 3.00. The average molecular weight is 199 g/mol. The van der Waals surface area contributed by atoms with E-state index in [0.29, 0.717) is 11.5 Å². The van der Waals surface area contributed by atoms with Crippen LogP contribution >= 0.6 is 0 Å². The molecule has 2 nitrogen and oxygen atoms in total. The quantitative estimate of drug-likeness (QED) is 0.755.